The van der Waals surface area contributed by atoms with Crippen molar-refractivity contribution in [3.63, 3.8) is 0 Å². The SMILES string of the molecule is Cc1oc(-c2cccc(N(C)C)c2)nc1CCOc1ccc(CC2(C(=O)O)CCCO2)cc1. The molecule has 7 heteroatoms. The third kappa shape index (κ3) is 5.20. The third-order valence-electron chi connectivity index (χ3n) is 6.02. The van der Waals surface area contributed by atoms with Crippen molar-refractivity contribution in [1.29, 1.82) is 0 Å². The number of rotatable bonds is 9. The van der Waals surface area contributed by atoms with E-state index < -0.39 is 11.6 Å². The number of aryl methyl sites for hydroxylation is 1. The molecule has 174 valence electrons. The Balaban J connectivity index is 1.34. The van der Waals surface area contributed by atoms with Gasteiger partial charge in [0.05, 0.1) is 12.3 Å². The number of benzene rings is 2. The highest BCUT2D eigenvalue weighted by atomic mass is 16.5. The van der Waals surface area contributed by atoms with E-state index in [-0.39, 0.29) is 0 Å². The maximum Gasteiger partial charge on any atom is 0.336 e. The number of carbonyl (C=O) groups is 1. The Morgan fingerprint density at radius 3 is 2.67 bits per heavy atom. The summed E-state index contributed by atoms with van der Waals surface area (Å²) in [6.07, 6.45) is 2.30. The Hall–Kier alpha value is -3.32. The maximum atomic E-state index is 11.7. The molecule has 2 aromatic carbocycles. The average molecular weight is 451 g/mol. The molecule has 0 saturated carbocycles. The number of ether oxygens (including phenoxy) is 2. The van der Waals surface area contributed by atoms with E-state index in [1.165, 1.54) is 0 Å². The summed E-state index contributed by atoms with van der Waals surface area (Å²) in [5, 5.41) is 9.57. The van der Waals surface area contributed by atoms with Gasteiger partial charge < -0.3 is 23.9 Å². The molecule has 33 heavy (non-hydrogen) atoms. The molecular formula is C26H30N2O5. The van der Waals surface area contributed by atoms with E-state index in [0.29, 0.717) is 38.4 Å². The number of nitrogens with zero attached hydrogens (tertiary/aromatic N) is 2. The van der Waals surface area contributed by atoms with Gasteiger partial charge in [-0.2, -0.15) is 0 Å². The van der Waals surface area contributed by atoms with Gasteiger partial charge in [-0.15, -0.1) is 0 Å². The van der Waals surface area contributed by atoms with Crippen LogP contribution in [0.2, 0.25) is 0 Å². The van der Waals surface area contributed by atoms with Gasteiger partial charge in [-0.3, -0.25) is 0 Å². The fourth-order valence-corrected chi connectivity index (χ4v) is 4.08. The van der Waals surface area contributed by atoms with Crippen LogP contribution in [-0.2, 0) is 22.4 Å². The van der Waals surface area contributed by atoms with E-state index in [1.54, 1.807) is 0 Å². The molecule has 0 bridgehead atoms. The van der Waals surface area contributed by atoms with E-state index in [2.05, 4.69) is 11.1 Å². The number of carboxylic acids is 1. The number of hydrogen-bond acceptors (Lipinski definition) is 6. The third-order valence-corrected chi connectivity index (χ3v) is 6.02. The summed E-state index contributed by atoms with van der Waals surface area (Å²) < 4.78 is 17.4. The van der Waals surface area contributed by atoms with Gasteiger partial charge in [-0.05, 0) is 55.7 Å². The lowest BCUT2D eigenvalue weighted by Crippen LogP contribution is -2.40. The van der Waals surface area contributed by atoms with E-state index >= 15 is 0 Å². The summed E-state index contributed by atoms with van der Waals surface area (Å²) in [6.45, 7) is 2.88. The van der Waals surface area contributed by atoms with Crippen LogP contribution in [0.4, 0.5) is 5.69 Å². The standard InChI is InChI=1S/C26H30N2O5/c1-18-23(27-24(33-18)20-6-4-7-21(16-20)28(2)3)12-15-31-22-10-8-19(9-11-22)17-26(25(29)30)13-5-14-32-26/h4,6-11,16H,5,12-15,17H2,1-3H3,(H,29,30). The molecule has 1 saturated heterocycles. The molecule has 0 amide bonds. The molecule has 1 unspecified atom stereocenters. The summed E-state index contributed by atoms with van der Waals surface area (Å²) in [4.78, 5) is 18.4. The first kappa shape index (κ1) is 22.9. The van der Waals surface area contributed by atoms with Crippen molar-refractivity contribution in [3.8, 4) is 17.2 Å². The predicted octanol–water partition coefficient (Wildman–Crippen LogP) is 4.51. The highest BCUT2D eigenvalue weighted by molar-refractivity contribution is 5.78. The minimum atomic E-state index is -1.10. The minimum absolute atomic E-state index is 0.360. The molecular weight excluding hydrogens is 420 g/mol. The molecule has 1 aromatic heterocycles. The highest BCUT2D eigenvalue weighted by Gasteiger charge is 2.42. The lowest BCUT2D eigenvalue weighted by atomic mass is 9.92. The molecule has 1 aliphatic heterocycles. The average Bonchev–Trinajstić information content (AvgIpc) is 3.43. The Bertz CT molecular complexity index is 1100. The molecule has 0 radical (unpaired) electrons. The number of aromatic nitrogens is 1. The van der Waals surface area contributed by atoms with Crippen LogP contribution >= 0.6 is 0 Å². The Labute approximate surface area is 194 Å². The number of hydrogen-bond donors (Lipinski definition) is 1. The summed E-state index contributed by atoms with van der Waals surface area (Å²) in [7, 11) is 4.00. The molecule has 1 aliphatic rings. The zero-order valence-corrected chi connectivity index (χ0v) is 19.3. The van der Waals surface area contributed by atoms with Crippen molar-refractivity contribution in [3.05, 3.63) is 65.5 Å². The van der Waals surface area contributed by atoms with Crippen LogP contribution < -0.4 is 9.64 Å². The number of anilines is 1. The van der Waals surface area contributed by atoms with Crippen LogP contribution in [-0.4, -0.2) is 49.0 Å². The lowest BCUT2D eigenvalue weighted by molar-refractivity contribution is -0.159. The fraction of sp³-hybridized carbons (Fsp3) is 0.385. The van der Waals surface area contributed by atoms with E-state index in [1.807, 2.05) is 68.4 Å². The summed E-state index contributed by atoms with van der Waals surface area (Å²) in [5.74, 6) is 1.23. The zero-order chi connectivity index (χ0) is 23.4. The van der Waals surface area contributed by atoms with Gasteiger partial charge in [0.1, 0.15) is 11.5 Å². The second-order valence-corrected chi connectivity index (χ2v) is 8.64. The van der Waals surface area contributed by atoms with E-state index in [9.17, 15) is 9.90 Å². The van der Waals surface area contributed by atoms with Crippen LogP contribution in [0.25, 0.3) is 11.5 Å². The monoisotopic (exact) mass is 450 g/mol. The van der Waals surface area contributed by atoms with E-state index in [0.717, 1.165) is 40.4 Å². The van der Waals surface area contributed by atoms with Crippen LogP contribution in [0.1, 0.15) is 29.9 Å². The molecule has 7 nitrogen and oxygen atoms in total. The lowest BCUT2D eigenvalue weighted by Gasteiger charge is -2.23. The smallest absolute Gasteiger partial charge is 0.336 e. The first-order chi connectivity index (χ1) is 15.9. The Morgan fingerprint density at radius 1 is 1.21 bits per heavy atom. The van der Waals surface area contributed by atoms with Gasteiger partial charge in [0.2, 0.25) is 5.89 Å². The van der Waals surface area contributed by atoms with Crippen molar-refractivity contribution in [2.45, 2.75) is 38.2 Å². The van der Waals surface area contributed by atoms with Gasteiger partial charge in [-0.25, -0.2) is 9.78 Å². The first-order valence-corrected chi connectivity index (χ1v) is 11.2. The van der Waals surface area contributed by atoms with Crippen LogP contribution in [0.3, 0.4) is 0 Å². The largest absolute Gasteiger partial charge is 0.493 e. The first-order valence-electron chi connectivity index (χ1n) is 11.2. The van der Waals surface area contributed by atoms with Gasteiger partial charge >= 0.3 is 5.97 Å². The van der Waals surface area contributed by atoms with Crippen molar-refractivity contribution in [1.82, 2.24) is 4.98 Å². The van der Waals surface area contributed by atoms with Gasteiger partial charge in [0, 0.05) is 44.8 Å². The Kier molecular flexibility index (Phi) is 6.70. The fourth-order valence-electron chi connectivity index (χ4n) is 4.08. The normalized spacial score (nSPS) is 17.8. The second-order valence-electron chi connectivity index (χ2n) is 8.64. The summed E-state index contributed by atoms with van der Waals surface area (Å²) >= 11 is 0. The van der Waals surface area contributed by atoms with Gasteiger partial charge in [0.25, 0.3) is 0 Å². The van der Waals surface area contributed by atoms with Gasteiger partial charge in [-0.1, -0.05) is 18.2 Å². The molecule has 1 N–H and O–H groups in total. The van der Waals surface area contributed by atoms with E-state index in [4.69, 9.17) is 13.9 Å². The van der Waals surface area contributed by atoms with Crippen molar-refractivity contribution in [2.75, 3.05) is 32.2 Å². The molecule has 3 aromatic rings. The summed E-state index contributed by atoms with van der Waals surface area (Å²) in [5.41, 5.74) is 2.72. The zero-order valence-electron chi connectivity index (χ0n) is 19.3. The van der Waals surface area contributed by atoms with Crippen LogP contribution in [0.5, 0.6) is 5.75 Å². The minimum Gasteiger partial charge on any atom is -0.493 e. The quantitative estimate of drug-likeness (QED) is 0.513. The van der Waals surface area contributed by atoms with Crippen LogP contribution in [0, 0.1) is 6.92 Å². The number of aliphatic carboxylic acids is 1. The molecule has 2 heterocycles. The Morgan fingerprint density at radius 2 is 2.00 bits per heavy atom. The second kappa shape index (κ2) is 9.67. The van der Waals surface area contributed by atoms with Crippen molar-refractivity contribution in [2.24, 2.45) is 0 Å². The summed E-state index contributed by atoms with van der Waals surface area (Å²) in [6, 6.07) is 15.6. The topological polar surface area (TPSA) is 85.0 Å². The molecule has 1 fully saturated rings. The number of carboxylic acid groups (broad SMARTS) is 1. The predicted molar refractivity (Wildman–Crippen MR) is 126 cm³/mol. The highest BCUT2D eigenvalue weighted by Crippen LogP contribution is 2.31. The molecule has 0 spiro atoms. The maximum absolute atomic E-state index is 11.7. The molecule has 0 aliphatic carbocycles. The molecule has 4 rings (SSSR count). The van der Waals surface area contributed by atoms with Crippen molar-refractivity contribution >= 4 is 11.7 Å². The van der Waals surface area contributed by atoms with Crippen LogP contribution in [0.15, 0.2) is 52.9 Å². The number of oxazole rings is 1. The molecule has 1 atom stereocenters. The van der Waals surface area contributed by atoms with Gasteiger partial charge in [0.15, 0.2) is 5.60 Å². The van der Waals surface area contributed by atoms with Crippen molar-refractivity contribution < 1.29 is 23.8 Å².